The van der Waals surface area contributed by atoms with Crippen LogP contribution in [0.25, 0.3) is 0 Å². The molecule has 1 fully saturated rings. The van der Waals surface area contributed by atoms with E-state index in [1.165, 1.54) is 24.0 Å². The molecule has 1 aromatic heterocycles. The van der Waals surface area contributed by atoms with Crippen molar-refractivity contribution in [3.05, 3.63) is 66.0 Å². The molecule has 0 bridgehead atoms. The van der Waals surface area contributed by atoms with Gasteiger partial charge in [0.2, 0.25) is 0 Å². The standard InChI is InChI=1S/C16H18N2/c1-18-15(13-6-3-2-4-7-13)9-10-16(18)14-8-5-11-17-12-14/h2-8,11-12,15-16H,9-10H2,1H3/t15-,16-/m0/s1. The fourth-order valence-electron chi connectivity index (χ4n) is 2.99. The molecule has 2 heteroatoms. The van der Waals surface area contributed by atoms with E-state index < -0.39 is 0 Å². The van der Waals surface area contributed by atoms with Gasteiger partial charge in [-0.1, -0.05) is 36.4 Å². The van der Waals surface area contributed by atoms with Crippen molar-refractivity contribution in [2.45, 2.75) is 24.9 Å². The lowest BCUT2D eigenvalue weighted by Crippen LogP contribution is -2.21. The Morgan fingerprint density at radius 2 is 1.61 bits per heavy atom. The highest BCUT2D eigenvalue weighted by Crippen LogP contribution is 2.42. The number of aromatic nitrogens is 1. The number of pyridine rings is 1. The van der Waals surface area contributed by atoms with Crippen LogP contribution in [-0.2, 0) is 0 Å². The Labute approximate surface area is 108 Å². The molecule has 2 heterocycles. The van der Waals surface area contributed by atoms with Crippen molar-refractivity contribution in [1.29, 1.82) is 0 Å². The first-order valence-electron chi connectivity index (χ1n) is 6.53. The molecule has 3 rings (SSSR count). The molecule has 0 spiro atoms. The van der Waals surface area contributed by atoms with Gasteiger partial charge in [-0.15, -0.1) is 0 Å². The number of rotatable bonds is 2. The lowest BCUT2D eigenvalue weighted by atomic mass is 10.0. The minimum atomic E-state index is 0.504. The van der Waals surface area contributed by atoms with Gasteiger partial charge in [-0.2, -0.15) is 0 Å². The average Bonchev–Trinajstić information content (AvgIpc) is 2.83. The van der Waals surface area contributed by atoms with Gasteiger partial charge in [0.25, 0.3) is 0 Å². The van der Waals surface area contributed by atoms with Crippen LogP contribution in [0.5, 0.6) is 0 Å². The lowest BCUT2D eigenvalue weighted by Gasteiger charge is -2.26. The monoisotopic (exact) mass is 238 g/mol. The molecule has 0 saturated carbocycles. The van der Waals surface area contributed by atoms with Gasteiger partial charge in [0.15, 0.2) is 0 Å². The molecule has 0 amide bonds. The van der Waals surface area contributed by atoms with Gasteiger partial charge in [0.1, 0.15) is 0 Å². The summed E-state index contributed by atoms with van der Waals surface area (Å²) in [5, 5.41) is 0. The second-order valence-corrected chi connectivity index (χ2v) is 4.97. The van der Waals surface area contributed by atoms with Crippen LogP contribution < -0.4 is 0 Å². The minimum absolute atomic E-state index is 0.504. The van der Waals surface area contributed by atoms with Gasteiger partial charge < -0.3 is 0 Å². The van der Waals surface area contributed by atoms with E-state index in [1.54, 1.807) is 0 Å². The van der Waals surface area contributed by atoms with E-state index in [1.807, 2.05) is 18.5 Å². The lowest BCUT2D eigenvalue weighted by molar-refractivity contribution is 0.245. The number of nitrogens with zero attached hydrogens (tertiary/aromatic N) is 2. The van der Waals surface area contributed by atoms with E-state index in [4.69, 9.17) is 0 Å². The van der Waals surface area contributed by atoms with Crippen LogP contribution in [0.15, 0.2) is 54.9 Å². The van der Waals surface area contributed by atoms with Crippen molar-refractivity contribution in [2.75, 3.05) is 7.05 Å². The molecule has 0 aliphatic carbocycles. The highest BCUT2D eigenvalue weighted by atomic mass is 15.2. The Morgan fingerprint density at radius 3 is 2.28 bits per heavy atom. The van der Waals surface area contributed by atoms with E-state index in [2.05, 4.69) is 53.3 Å². The summed E-state index contributed by atoms with van der Waals surface area (Å²) in [6, 6.07) is 16.0. The topological polar surface area (TPSA) is 16.1 Å². The number of likely N-dealkylation sites (tertiary alicyclic amines) is 1. The van der Waals surface area contributed by atoms with Crippen LogP contribution in [0.4, 0.5) is 0 Å². The maximum atomic E-state index is 4.23. The van der Waals surface area contributed by atoms with Crippen molar-refractivity contribution < 1.29 is 0 Å². The van der Waals surface area contributed by atoms with Gasteiger partial charge in [-0.05, 0) is 37.1 Å². The van der Waals surface area contributed by atoms with E-state index >= 15 is 0 Å². The van der Waals surface area contributed by atoms with Crippen LogP contribution in [0, 0.1) is 0 Å². The van der Waals surface area contributed by atoms with Crippen LogP contribution in [0.3, 0.4) is 0 Å². The van der Waals surface area contributed by atoms with Crippen molar-refractivity contribution in [3.63, 3.8) is 0 Å². The van der Waals surface area contributed by atoms with E-state index in [-0.39, 0.29) is 0 Å². The second-order valence-electron chi connectivity index (χ2n) is 4.97. The van der Waals surface area contributed by atoms with Gasteiger partial charge in [0.05, 0.1) is 0 Å². The molecule has 2 atom stereocenters. The largest absolute Gasteiger partial charge is 0.292 e. The highest BCUT2D eigenvalue weighted by molar-refractivity contribution is 5.23. The third-order valence-electron chi connectivity index (χ3n) is 3.95. The molecular formula is C16H18N2. The van der Waals surface area contributed by atoms with E-state index in [0.717, 1.165) is 0 Å². The SMILES string of the molecule is CN1[C@H](c2ccccc2)CC[C@H]1c1cccnc1. The summed E-state index contributed by atoms with van der Waals surface area (Å²) < 4.78 is 0. The molecule has 0 N–H and O–H groups in total. The van der Waals surface area contributed by atoms with Crippen LogP contribution >= 0.6 is 0 Å². The Bertz CT molecular complexity index is 448. The Kier molecular flexibility index (Phi) is 3.11. The first-order valence-corrected chi connectivity index (χ1v) is 6.53. The predicted molar refractivity (Wildman–Crippen MR) is 73.2 cm³/mol. The van der Waals surface area contributed by atoms with E-state index in [9.17, 15) is 0 Å². The minimum Gasteiger partial charge on any atom is -0.292 e. The molecular weight excluding hydrogens is 220 g/mol. The van der Waals surface area contributed by atoms with Gasteiger partial charge in [0, 0.05) is 24.5 Å². The third-order valence-corrected chi connectivity index (χ3v) is 3.95. The Morgan fingerprint density at radius 1 is 0.944 bits per heavy atom. The number of hydrogen-bond acceptors (Lipinski definition) is 2. The normalized spacial score (nSPS) is 24.3. The van der Waals surface area contributed by atoms with Gasteiger partial charge >= 0.3 is 0 Å². The molecule has 1 saturated heterocycles. The smallest absolute Gasteiger partial charge is 0.0367 e. The van der Waals surface area contributed by atoms with Crippen molar-refractivity contribution in [2.24, 2.45) is 0 Å². The molecule has 1 aromatic carbocycles. The van der Waals surface area contributed by atoms with Crippen molar-refractivity contribution in [3.8, 4) is 0 Å². The molecule has 18 heavy (non-hydrogen) atoms. The van der Waals surface area contributed by atoms with Crippen molar-refractivity contribution >= 4 is 0 Å². The predicted octanol–water partition coefficient (Wildman–Crippen LogP) is 3.59. The Hall–Kier alpha value is -1.67. The first-order chi connectivity index (χ1) is 8.86. The highest BCUT2D eigenvalue weighted by Gasteiger charge is 2.32. The molecule has 0 radical (unpaired) electrons. The number of hydrogen-bond donors (Lipinski definition) is 0. The van der Waals surface area contributed by atoms with Crippen LogP contribution in [-0.4, -0.2) is 16.9 Å². The summed E-state index contributed by atoms with van der Waals surface area (Å²) in [5.74, 6) is 0. The maximum Gasteiger partial charge on any atom is 0.0367 e. The molecule has 1 aliphatic heterocycles. The molecule has 0 unspecified atom stereocenters. The summed E-state index contributed by atoms with van der Waals surface area (Å²) in [6.07, 6.45) is 6.27. The summed E-state index contributed by atoms with van der Waals surface area (Å²) in [4.78, 5) is 6.71. The van der Waals surface area contributed by atoms with Crippen LogP contribution in [0.1, 0.15) is 36.1 Å². The van der Waals surface area contributed by atoms with Crippen LogP contribution in [0.2, 0.25) is 0 Å². The van der Waals surface area contributed by atoms with Gasteiger partial charge in [-0.3, -0.25) is 9.88 Å². The summed E-state index contributed by atoms with van der Waals surface area (Å²) >= 11 is 0. The summed E-state index contributed by atoms with van der Waals surface area (Å²) in [7, 11) is 2.22. The summed E-state index contributed by atoms with van der Waals surface area (Å²) in [5.41, 5.74) is 2.75. The van der Waals surface area contributed by atoms with Gasteiger partial charge in [-0.25, -0.2) is 0 Å². The summed E-state index contributed by atoms with van der Waals surface area (Å²) in [6.45, 7) is 0. The number of benzene rings is 1. The zero-order valence-corrected chi connectivity index (χ0v) is 10.7. The third kappa shape index (κ3) is 2.04. The quantitative estimate of drug-likeness (QED) is 0.795. The maximum absolute atomic E-state index is 4.23. The zero-order valence-electron chi connectivity index (χ0n) is 10.7. The average molecular weight is 238 g/mol. The first kappa shape index (κ1) is 11.4. The molecule has 2 nitrogen and oxygen atoms in total. The molecule has 2 aromatic rings. The molecule has 1 aliphatic rings. The fraction of sp³-hybridized carbons (Fsp3) is 0.312. The zero-order chi connectivity index (χ0) is 12.4. The molecule has 92 valence electrons. The Balaban J connectivity index is 1.83. The van der Waals surface area contributed by atoms with Crippen molar-refractivity contribution in [1.82, 2.24) is 9.88 Å². The van der Waals surface area contributed by atoms with E-state index in [0.29, 0.717) is 12.1 Å². The fourth-order valence-corrected chi connectivity index (χ4v) is 2.99. The second kappa shape index (κ2) is 4.91.